The minimum atomic E-state index is -0.256. The average molecular weight is 457 g/mol. The molecule has 0 amide bonds. The van der Waals surface area contributed by atoms with Crippen molar-refractivity contribution in [1.82, 2.24) is 0 Å². The van der Waals surface area contributed by atoms with Gasteiger partial charge in [0.1, 0.15) is 5.82 Å². The summed E-state index contributed by atoms with van der Waals surface area (Å²) in [5.41, 5.74) is 5.37. The summed E-state index contributed by atoms with van der Waals surface area (Å²) in [4.78, 5) is 0. The third kappa shape index (κ3) is 6.31. The van der Waals surface area contributed by atoms with Crippen molar-refractivity contribution < 1.29 is 9.13 Å². The zero-order valence-corrected chi connectivity index (χ0v) is 18.3. The molecule has 0 aliphatic heterocycles. The number of anilines is 2. The van der Waals surface area contributed by atoms with Crippen LogP contribution in [0.15, 0.2) is 71.2 Å². The van der Waals surface area contributed by atoms with Gasteiger partial charge < -0.3 is 15.4 Å². The fraction of sp³-hybridized carbons (Fsp3) is 0.250. The zero-order valence-electron chi connectivity index (χ0n) is 16.7. The van der Waals surface area contributed by atoms with Crippen LogP contribution < -0.4 is 10.6 Å². The molecule has 0 radical (unpaired) electrons. The van der Waals surface area contributed by atoms with Crippen molar-refractivity contribution in [2.24, 2.45) is 0 Å². The van der Waals surface area contributed by atoms with Crippen LogP contribution in [0.4, 0.5) is 15.8 Å². The Bertz CT molecular complexity index is 930. The summed E-state index contributed by atoms with van der Waals surface area (Å²) in [5.74, 6) is -0.256. The second-order valence-corrected chi connectivity index (χ2v) is 7.99. The number of aryl methyl sites for hydroxylation is 1. The maximum atomic E-state index is 13.8. The van der Waals surface area contributed by atoms with Gasteiger partial charge in [0.25, 0.3) is 0 Å². The number of nitrogens with one attached hydrogen (secondary N) is 2. The molecule has 0 fully saturated rings. The molecule has 0 saturated heterocycles. The molecule has 0 spiro atoms. The summed E-state index contributed by atoms with van der Waals surface area (Å²) in [6.07, 6.45) is 0.861. The maximum Gasteiger partial charge on any atom is 0.137 e. The van der Waals surface area contributed by atoms with Crippen LogP contribution in [-0.4, -0.2) is 19.8 Å². The van der Waals surface area contributed by atoms with Crippen LogP contribution in [-0.2, 0) is 17.7 Å². The molecule has 29 heavy (non-hydrogen) atoms. The van der Waals surface area contributed by atoms with Crippen LogP contribution >= 0.6 is 15.9 Å². The first-order valence-corrected chi connectivity index (χ1v) is 10.4. The Morgan fingerprint density at radius 1 is 0.966 bits per heavy atom. The van der Waals surface area contributed by atoms with E-state index in [0.29, 0.717) is 17.6 Å². The lowest BCUT2D eigenvalue weighted by molar-refractivity contribution is 0.185. The molecule has 0 aliphatic rings. The molecule has 152 valence electrons. The van der Waals surface area contributed by atoms with E-state index >= 15 is 0 Å². The fourth-order valence-electron chi connectivity index (χ4n) is 3.19. The van der Waals surface area contributed by atoms with Crippen molar-refractivity contribution in [3.05, 3.63) is 93.7 Å². The molecule has 1 atom stereocenters. The van der Waals surface area contributed by atoms with Crippen molar-refractivity contribution in [1.29, 1.82) is 0 Å². The highest BCUT2D eigenvalue weighted by molar-refractivity contribution is 9.10. The summed E-state index contributed by atoms with van der Waals surface area (Å²) in [6, 6.07) is 21.9. The second kappa shape index (κ2) is 10.4. The first-order chi connectivity index (χ1) is 14.0. The normalized spacial score (nSPS) is 11.9. The van der Waals surface area contributed by atoms with Gasteiger partial charge in [-0.15, -0.1) is 0 Å². The van der Waals surface area contributed by atoms with Crippen LogP contribution in [0.3, 0.4) is 0 Å². The molecule has 3 nitrogen and oxygen atoms in total. The molecule has 3 aromatic carbocycles. The topological polar surface area (TPSA) is 33.3 Å². The van der Waals surface area contributed by atoms with Crippen LogP contribution in [0.1, 0.15) is 16.7 Å². The number of ether oxygens (including phenoxy) is 1. The van der Waals surface area contributed by atoms with Gasteiger partial charge in [-0.3, -0.25) is 0 Å². The maximum absolute atomic E-state index is 13.8. The van der Waals surface area contributed by atoms with Crippen molar-refractivity contribution in [3.63, 3.8) is 0 Å². The lowest BCUT2D eigenvalue weighted by atomic mass is 10.0. The van der Waals surface area contributed by atoms with Gasteiger partial charge in [0, 0.05) is 13.7 Å². The molecule has 0 aromatic heterocycles. The van der Waals surface area contributed by atoms with Crippen molar-refractivity contribution >= 4 is 27.3 Å². The van der Waals surface area contributed by atoms with Crippen molar-refractivity contribution in [3.8, 4) is 0 Å². The minimum absolute atomic E-state index is 0.135. The molecule has 0 bridgehead atoms. The van der Waals surface area contributed by atoms with Gasteiger partial charge in [-0.2, -0.15) is 0 Å². The van der Waals surface area contributed by atoms with Gasteiger partial charge in [-0.05, 0) is 64.7 Å². The van der Waals surface area contributed by atoms with Crippen molar-refractivity contribution in [2.75, 3.05) is 24.4 Å². The second-order valence-electron chi connectivity index (χ2n) is 7.13. The smallest absolute Gasteiger partial charge is 0.137 e. The van der Waals surface area contributed by atoms with E-state index in [-0.39, 0.29) is 11.9 Å². The van der Waals surface area contributed by atoms with Gasteiger partial charge in [0.2, 0.25) is 0 Å². The molecule has 0 saturated carbocycles. The molecule has 5 heteroatoms. The average Bonchev–Trinajstić information content (AvgIpc) is 2.72. The highest BCUT2D eigenvalue weighted by atomic mass is 79.9. The van der Waals surface area contributed by atoms with Gasteiger partial charge in [-0.25, -0.2) is 4.39 Å². The fourth-order valence-corrected chi connectivity index (χ4v) is 3.44. The molecular formula is C24H26BrFN2O. The number of para-hydroxylation sites is 2. The number of hydrogen-bond acceptors (Lipinski definition) is 3. The zero-order chi connectivity index (χ0) is 20.6. The Hall–Kier alpha value is -2.37. The number of rotatable bonds is 9. The third-order valence-corrected chi connectivity index (χ3v) is 5.37. The van der Waals surface area contributed by atoms with Crippen LogP contribution in [0.25, 0.3) is 0 Å². The van der Waals surface area contributed by atoms with E-state index in [0.717, 1.165) is 23.4 Å². The summed E-state index contributed by atoms with van der Waals surface area (Å²) in [5, 5.41) is 7.01. The van der Waals surface area contributed by atoms with Crippen molar-refractivity contribution in [2.45, 2.75) is 25.9 Å². The van der Waals surface area contributed by atoms with Gasteiger partial charge in [-0.1, -0.05) is 48.0 Å². The van der Waals surface area contributed by atoms with Gasteiger partial charge in [0.15, 0.2) is 0 Å². The van der Waals surface area contributed by atoms with Crippen LogP contribution in [0, 0.1) is 12.7 Å². The van der Waals surface area contributed by atoms with E-state index in [1.807, 2.05) is 30.3 Å². The number of benzene rings is 3. The van der Waals surface area contributed by atoms with Gasteiger partial charge in [0.05, 0.1) is 28.5 Å². The standard InChI is InChI=1S/C24H26BrFN2O/c1-17-7-9-18(10-8-17)13-20(16-29-2)28-24-6-4-3-5-23(24)27-15-19-11-12-21(25)22(26)14-19/h3-12,14,20,27-28H,13,15-16H2,1-2H3. The minimum Gasteiger partial charge on any atom is -0.383 e. The summed E-state index contributed by atoms with van der Waals surface area (Å²) < 4.78 is 19.7. The monoisotopic (exact) mass is 456 g/mol. The van der Waals surface area contributed by atoms with E-state index in [1.165, 1.54) is 17.2 Å². The quantitative estimate of drug-likeness (QED) is 0.403. The van der Waals surface area contributed by atoms with E-state index in [1.54, 1.807) is 13.2 Å². The predicted octanol–water partition coefficient (Wildman–Crippen LogP) is 6.18. The molecule has 0 aliphatic carbocycles. The largest absolute Gasteiger partial charge is 0.383 e. The Labute approximate surface area is 180 Å². The molecular weight excluding hydrogens is 431 g/mol. The van der Waals surface area contributed by atoms with Crippen LogP contribution in [0.2, 0.25) is 0 Å². The summed E-state index contributed by atoms with van der Waals surface area (Å²) in [7, 11) is 1.72. The molecule has 0 heterocycles. The van der Waals surface area contributed by atoms with E-state index in [9.17, 15) is 4.39 Å². The third-order valence-electron chi connectivity index (χ3n) is 4.72. The first kappa shape index (κ1) is 21.3. The number of halogens is 2. The molecule has 1 unspecified atom stereocenters. The lowest BCUT2D eigenvalue weighted by Crippen LogP contribution is -2.28. The molecule has 2 N–H and O–H groups in total. The Balaban J connectivity index is 1.70. The highest BCUT2D eigenvalue weighted by Gasteiger charge is 2.12. The molecule has 3 aromatic rings. The highest BCUT2D eigenvalue weighted by Crippen LogP contribution is 2.24. The Morgan fingerprint density at radius 3 is 2.34 bits per heavy atom. The number of hydrogen-bond donors (Lipinski definition) is 2. The van der Waals surface area contributed by atoms with E-state index in [4.69, 9.17) is 4.74 Å². The summed E-state index contributed by atoms with van der Waals surface area (Å²) in [6.45, 7) is 3.23. The van der Waals surface area contributed by atoms with Crippen LogP contribution in [0.5, 0.6) is 0 Å². The SMILES string of the molecule is COCC(Cc1ccc(C)cc1)Nc1ccccc1NCc1ccc(Br)c(F)c1. The summed E-state index contributed by atoms with van der Waals surface area (Å²) >= 11 is 3.19. The Morgan fingerprint density at radius 2 is 1.66 bits per heavy atom. The lowest BCUT2D eigenvalue weighted by Gasteiger charge is -2.22. The van der Waals surface area contributed by atoms with Gasteiger partial charge >= 0.3 is 0 Å². The number of methoxy groups -OCH3 is 1. The first-order valence-electron chi connectivity index (χ1n) is 9.63. The molecule has 3 rings (SSSR count). The van der Waals surface area contributed by atoms with E-state index in [2.05, 4.69) is 57.8 Å². The van der Waals surface area contributed by atoms with E-state index < -0.39 is 0 Å². The Kier molecular flexibility index (Phi) is 7.67. The predicted molar refractivity (Wildman–Crippen MR) is 122 cm³/mol.